The minimum absolute atomic E-state index is 0.436. The Bertz CT molecular complexity index is 349. The van der Waals surface area contributed by atoms with Crippen LogP contribution in [0.25, 0.3) is 0 Å². The van der Waals surface area contributed by atoms with E-state index in [1.54, 1.807) is 0 Å². The van der Waals surface area contributed by atoms with E-state index in [0.717, 1.165) is 4.47 Å². The van der Waals surface area contributed by atoms with Gasteiger partial charge in [0.15, 0.2) is 0 Å². The Hall–Kier alpha value is 0.660. The Labute approximate surface area is 130 Å². The molecule has 0 aromatic heterocycles. The summed E-state index contributed by atoms with van der Waals surface area (Å²) in [6, 6.07) is 6.39. The van der Waals surface area contributed by atoms with Crippen molar-refractivity contribution in [3.05, 3.63) is 32.7 Å². The largest absolute Gasteiger partial charge is 0.0835 e. The SMILES string of the molecule is CCCCC(CC)C(Br)c1cc(Br)ccc1Br. The number of halogens is 3. The van der Waals surface area contributed by atoms with E-state index in [9.17, 15) is 0 Å². The Morgan fingerprint density at radius 1 is 1.18 bits per heavy atom. The number of hydrogen-bond donors (Lipinski definition) is 0. The molecule has 0 aliphatic heterocycles. The van der Waals surface area contributed by atoms with E-state index < -0.39 is 0 Å². The molecular formula is C14H19Br3. The number of rotatable bonds is 6. The second-order valence-corrected chi connectivity index (χ2v) is 7.13. The normalized spacial score (nSPS) is 14.6. The maximum Gasteiger partial charge on any atom is 0.0434 e. The maximum atomic E-state index is 3.88. The van der Waals surface area contributed by atoms with Gasteiger partial charge in [-0.15, -0.1) is 0 Å². The van der Waals surface area contributed by atoms with Crippen LogP contribution in [0.5, 0.6) is 0 Å². The van der Waals surface area contributed by atoms with Crippen molar-refractivity contribution in [1.29, 1.82) is 0 Å². The van der Waals surface area contributed by atoms with Gasteiger partial charge in [0, 0.05) is 13.8 Å². The summed E-state index contributed by atoms with van der Waals surface area (Å²) in [6.07, 6.45) is 5.10. The Morgan fingerprint density at radius 2 is 1.88 bits per heavy atom. The zero-order chi connectivity index (χ0) is 12.8. The summed E-state index contributed by atoms with van der Waals surface area (Å²) in [6.45, 7) is 4.53. The lowest BCUT2D eigenvalue weighted by Crippen LogP contribution is -2.07. The summed E-state index contributed by atoms with van der Waals surface area (Å²) in [5.74, 6) is 0.709. The number of unbranched alkanes of at least 4 members (excludes halogenated alkanes) is 1. The van der Waals surface area contributed by atoms with Crippen LogP contribution in [-0.2, 0) is 0 Å². The van der Waals surface area contributed by atoms with Crippen LogP contribution >= 0.6 is 47.8 Å². The number of alkyl halides is 1. The highest BCUT2D eigenvalue weighted by Gasteiger charge is 2.20. The lowest BCUT2D eigenvalue weighted by atomic mass is 9.92. The van der Waals surface area contributed by atoms with Crippen LogP contribution in [-0.4, -0.2) is 0 Å². The summed E-state index contributed by atoms with van der Waals surface area (Å²) in [5.41, 5.74) is 1.35. The van der Waals surface area contributed by atoms with Gasteiger partial charge in [0.05, 0.1) is 0 Å². The van der Waals surface area contributed by atoms with Crippen molar-refractivity contribution in [3.63, 3.8) is 0 Å². The summed E-state index contributed by atoms with van der Waals surface area (Å²) in [5, 5.41) is 0. The molecule has 3 heteroatoms. The van der Waals surface area contributed by atoms with Crippen molar-refractivity contribution in [2.45, 2.75) is 44.4 Å². The zero-order valence-corrected chi connectivity index (χ0v) is 15.1. The van der Waals surface area contributed by atoms with E-state index in [4.69, 9.17) is 0 Å². The van der Waals surface area contributed by atoms with E-state index >= 15 is 0 Å². The minimum Gasteiger partial charge on any atom is -0.0835 e. The summed E-state index contributed by atoms with van der Waals surface area (Å²) in [4.78, 5) is 0.436. The van der Waals surface area contributed by atoms with Crippen molar-refractivity contribution >= 4 is 47.8 Å². The predicted molar refractivity (Wildman–Crippen MR) is 86.8 cm³/mol. The van der Waals surface area contributed by atoms with E-state index in [-0.39, 0.29) is 0 Å². The molecule has 1 aromatic carbocycles. The fraction of sp³-hybridized carbons (Fsp3) is 0.571. The van der Waals surface area contributed by atoms with Gasteiger partial charge in [0.2, 0.25) is 0 Å². The average molecular weight is 427 g/mol. The molecule has 17 heavy (non-hydrogen) atoms. The van der Waals surface area contributed by atoms with Crippen LogP contribution in [0.15, 0.2) is 27.1 Å². The van der Waals surface area contributed by atoms with Crippen molar-refractivity contribution < 1.29 is 0 Å². The van der Waals surface area contributed by atoms with Crippen molar-refractivity contribution in [3.8, 4) is 0 Å². The number of hydrogen-bond acceptors (Lipinski definition) is 0. The van der Waals surface area contributed by atoms with Gasteiger partial charge in [-0.25, -0.2) is 0 Å². The summed E-state index contributed by atoms with van der Waals surface area (Å²) >= 11 is 11.1. The molecule has 1 aromatic rings. The van der Waals surface area contributed by atoms with Gasteiger partial charge in [-0.3, -0.25) is 0 Å². The van der Waals surface area contributed by atoms with Crippen molar-refractivity contribution in [2.75, 3.05) is 0 Å². The first kappa shape index (κ1) is 15.7. The molecule has 0 amide bonds. The molecule has 0 heterocycles. The molecular weight excluding hydrogens is 408 g/mol. The summed E-state index contributed by atoms with van der Waals surface area (Å²) < 4.78 is 2.34. The fourth-order valence-corrected chi connectivity index (χ4v) is 4.20. The molecule has 0 radical (unpaired) electrons. The second-order valence-electron chi connectivity index (χ2n) is 4.38. The first-order valence-corrected chi connectivity index (χ1v) is 8.69. The van der Waals surface area contributed by atoms with Crippen LogP contribution in [0, 0.1) is 5.92 Å². The van der Waals surface area contributed by atoms with Gasteiger partial charge in [-0.1, -0.05) is 80.9 Å². The van der Waals surface area contributed by atoms with E-state index in [1.807, 2.05) is 0 Å². The highest BCUT2D eigenvalue weighted by molar-refractivity contribution is 9.11. The average Bonchev–Trinajstić information content (AvgIpc) is 2.33. The van der Waals surface area contributed by atoms with Crippen LogP contribution in [0.2, 0.25) is 0 Å². The van der Waals surface area contributed by atoms with Crippen molar-refractivity contribution in [2.24, 2.45) is 5.92 Å². The van der Waals surface area contributed by atoms with Gasteiger partial charge in [0.1, 0.15) is 0 Å². The second kappa shape index (κ2) is 7.96. The molecule has 0 fully saturated rings. The maximum absolute atomic E-state index is 3.88. The topological polar surface area (TPSA) is 0 Å². The molecule has 96 valence electrons. The molecule has 0 nitrogen and oxygen atoms in total. The molecule has 0 saturated carbocycles. The van der Waals surface area contributed by atoms with Crippen molar-refractivity contribution in [1.82, 2.24) is 0 Å². The predicted octanol–water partition coefficient (Wildman–Crippen LogP) is 6.86. The van der Waals surface area contributed by atoms with Gasteiger partial charge >= 0.3 is 0 Å². The van der Waals surface area contributed by atoms with Crippen LogP contribution in [0.1, 0.15) is 49.9 Å². The molecule has 0 spiro atoms. The Kier molecular flexibility index (Phi) is 7.36. The third-order valence-electron chi connectivity index (χ3n) is 3.12. The third kappa shape index (κ3) is 4.68. The smallest absolute Gasteiger partial charge is 0.0434 e. The Balaban J connectivity index is 2.85. The van der Waals surface area contributed by atoms with E-state index in [1.165, 1.54) is 35.7 Å². The lowest BCUT2D eigenvalue weighted by molar-refractivity contribution is 0.445. The molecule has 0 saturated heterocycles. The first-order valence-electron chi connectivity index (χ1n) is 6.19. The molecule has 1 rings (SSSR count). The Morgan fingerprint density at radius 3 is 2.47 bits per heavy atom. The van der Waals surface area contributed by atoms with Gasteiger partial charge in [-0.05, 0) is 36.1 Å². The molecule has 0 aliphatic rings. The van der Waals surface area contributed by atoms with Crippen LogP contribution < -0.4 is 0 Å². The zero-order valence-electron chi connectivity index (χ0n) is 10.3. The third-order valence-corrected chi connectivity index (χ3v) is 5.58. The standard InChI is InChI=1S/C14H19Br3/c1-3-5-6-10(4-2)14(17)12-9-11(15)7-8-13(12)16/h7-10,14H,3-6H2,1-2H3. The summed E-state index contributed by atoms with van der Waals surface area (Å²) in [7, 11) is 0. The molecule has 0 bridgehead atoms. The first-order chi connectivity index (χ1) is 8.10. The van der Waals surface area contributed by atoms with Gasteiger partial charge in [-0.2, -0.15) is 0 Å². The van der Waals surface area contributed by atoms with Gasteiger partial charge < -0.3 is 0 Å². The number of benzene rings is 1. The van der Waals surface area contributed by atoms with Gasteiger partial charge in [0.25, 0.3) is 0 Å². The highest BCUT2D eigenvalue weighted by atomic mass is 79.9. The monoisotopic (exact) mass is 424 g/mol. The molecule has 0 aliphatic carbocycles. The lowest BCUT2D eigenvalue weighted by Gasteiger charge is -2.22. The van der Waals surface area contributed by atoms with E-state index in [2.05, 4.69) is 79.8 Å². The fourth-order valence-electron chi connectivity index (χ4n) is 2.00. The molecule has 0 N–H and O–H groups in total. The minimum atomic E-state index is 0.436. The van der Waals surface area contributed by atoms with Crippen LogP contribution in [0.4, 0.5) is 0 Å². The van der Waals surface area contributed by atoms with Crippen LogP contribution in [0.3, 0.4) is 0 Å². The highest BCUT2D eigenvalue weighted by Crippen LogP contribution is 2.40. The quantitative estimate of drug-likeness (QED) is 0.435. The molecule has 2 atom stereocenters. The molecule has 2 unspecified atom stereocenters. The van der Waals surface area contributed by atoms with E-state index in [0.29, 0.717) is 10.7 Å².